The zero-order chi connectivity index (χ0) is 13.4. The molecule has 0 saturated heterocycles. The number of benzene rings is 1. The number of hydrogen-bond donors (Lipinski definition) is 2. The molecule has 1 heterocycles. The van der Waals surface area contributed by atoms with E-state index in [0.29, 0.717) is 5.56 Å². The first-order valence-electron chi connectivity index (χ1n) is 6.98. The molecule has 0 amide bonds. The van der Waals surface area contributed by atoms with E-state index in [2.05, 4.69) is 4.90 Å². The summed E-state index contributed by atoms with van der Waals surface area (Å²) in [6.45, 7) is 0.889. The highest BCUT2D eigenvalue weighted by atomic mass is 16.4. The molecule has 1 aliphatic carbocycles. The number of aliphatic hydroxyl groups is 1. The van der Waals surface area contributed by atoms with Crippen molar-refractivity contribution in [3.8, 4) is 0 Å². The molecule has 1 saturated carbocycles. The minimum absolute atomic E-state index is 0.152. The van der Waals surface area contributed by atoms with Gasteiger partial charge in [0.05, 0.1) is 17.7 Å². The predicted molar refractivity (Wildman–Crippen MR) is 72.7 cm³/mol. The third kappa shape index (κ3) is 2.21. The van der Waals surface area contributed by atoms with Crippen LogP contribution in [0, 0.1) is 0 Å². The summed E-state index contributed by atoms with van der Waals surface area (Å²) in [7, 11) is 0. The second kappa shape index (κ2) is 4.85. The first-order valence-corrected chi connectivity index (χ1v) is 6.98. The van der Waals surface area contributed by atoms with Gasteiger partial charge in [0, 0.05) is 12.2 Å². The molecule has 2 atom stereocenters. The van der Waals surface area contributed by atoms with E-state index >= 15 is 0 Å². The number of rotatable bonds is 2. The Hall–Kier alpha value is -1.55. The van der Waals surface area contributed by atoms with Crippen LogP contribution < -0.4 is 4.90 Å². The number of fused-ring (bicyclic) bond motifs is 1. The molecule has 1 aliphatic heterocycles. The average molecular weight is 261 g/mol. The number of carboxylic acid groups (broad SMARTS) is 1. The zero-order valence-corrected chi connectivity index (χ0v) is 10.9. The highest BCUT2D eigenvalue weighted by Crippen LogP contribution is 2.35. The van der Waals surface area contributed by atoms with Crippen molar-refractivity contribution >= 4 is 11.7 Å². The maximum atomic E-state index is 11.1. The Morgan fingerprint density at radius 2 is 2.05 bits per heavy atom. The van der Waals surface area contributed by atoms with Gasteiger partial charge in [-0.15, -0.1) is 0 Å². The molecular formula is C15H19NO3. The van der Waals surface area contributed by atoms with Gasteiger partial charge >= 0.3 is 5.97 Å². The van der Waals surface area contributed by atoms with Gasteiger partial charge in [0.1, 0.15) is 0 Å². The lowest BCUT2D eigenvalue weighted by molar-refractivity contribution is 0.0697. The summed E-state index contributed by atoms with van der Waals surface area (Å²) in [5.41, 5.74) is 2.53. The molecule has 102 valence electrons. The van der Waals surface area contributed by atoms with Crippen LogP contribution in [-0.4, -0.2) is 34.9 Å². The van der Waals surface area contributed by atoms with Crippen LogP contribution in [0.1, 0.15) is 41.6 Å². The van der Waals surface area contributed by atoms with Crippen LogP contribution in [0.4, 0.5) is 5.69 Å². The van der Waals surface area contributed by atoms with E-state index in [1.54, 1.807) is 12.1 Å². The molecule has 1 fully saturated rings. The molecule has 0 aromatic heterocycles. The third-order valence-electron chi connectivity index (χ3n) is 4.36. The molecule has 1 aromatic rings. The Bertz CT molecular complexity index is 500. The van der Waals surface area contributed by atoms with E-state index in [1.807, 2.05) is 6.07 Å². The highest BCUT2D eigenvalue weighted by molar-refractivity contribution is 5.89. The molecule has 0 spiro atoms. The number of hydrogen-bond acceptors (Lipinski definition) is 3. The number of aromatic carboxylic acids is 1. The first kappa shape index (κ1) is 12.5. The molecule has 19 heavy (non-hydrogen) atoms. The lowest BCUT2D eigenvalue weighted by Crippen LogP contribution is -2.44. The Morgan fingerprint density at radius 1 is 1.26 bits per heavy atom. The number of aliphatic hydroxyl groups excluding tert-OH is 1. The molecule has 4 nitrogen and oxygen atoms in total. The molecule has 1 aromatic carbocycles. The van der Waals surface area contributed by atoms with E-state index in [9.17, 15) is 9.90 Å². The van der Waals surface area contributed by atoms with Crippen LogP contribution in [0.25, 0.3) is 0 Å². The topological polar surface area (TPSA) is 60.8 Å². The molecule has 2 N–H and O–H groups in total. The summed E-state index contributed by atoms with van der Waals surface area (Å²) < 4.78 is 0. The molecule has 0 bridgehead atoms. The van der Waals surface area contributed by atoms with E-state index in [1.165, 1.54) is 5.56 Å². The normalized spacial score (nSPS) is 26.3. The first-order chi connectivity index (χ1) is 9.16. The van der Waals surface area contributed by atoms with E-state index < -0.39 is 5.97 Å². The van der Waals surface area contributed by atoms with Crippen molar-refractivity contribution in [2.24, 2.45) is 0 Å². The molecule has 3 rings (SSSR count). The van der Waals surface area contributed by atoms with Crippen LogP contribution in [0.2, 0.25) is 0 Å². The van der Waals surface area contributed by atoms with Crippen LogP contribution in [0.15, 0.2) is 18.2 Å². The minimum atomic E-state index is -0.890. The lowest BCUT2D eigenvalue weighted by Gasteiger charge is -2.37. The third-order valence-corrected chi connectivity index (χ3v) is 4.36. The average Bonchev–Trinajstić information content (AvgIpc) is 2.82. The van der Waals surface area contributed by atoms with Crippen molar-refractivity contribution in [2.75, 3.05) is 11.4 Å². The van der Waals surface area contributed by atoms with Gasteiger partial charge in [-0.05, 0) is 37.0 Å². The van der Waals surface area contributed by atoms with Crippen LogP contribution in [-0.2, 0) is 6.42 Å². The van der Waals surface area contributed by atoms with Gasteiger partial charge in [-0.3, -0.25) is 0 Å². The smallest absolute Gasteiger partial charge is 0.335 e. The summed E-state index contributed by atoms with van der Waals surface area (Å²) in [5.74, 6) is -0.890. The molecule has 2 aliphatic rings. The van der Waals surface area contributed by atoms with Crippen molar-refractivity contribution in [3.05, 3.63) is 29.3 Å². The fourth-order valence-corrected chi connectivity index (χ4v) is 3.34. The zero-order valence-electron chi connectivity index (χ0n) is 10.9. The fourth-order valence-electron chi connectivity index (χ4n) is 3.34. The lowest BCUT2D eigenvalue weighted by atomic mass is 9.91. The predicted octanol–water partition coefficient (Wildman–Crippen LogP) is 2.05. The van der Waals surface area contributed by atoms with Crippen molar-refractivity contribution in [1.82, 2.24) is 0 Å². The quantitative estimate of drug-likeness (QED) is 0.855. The number of carboxylic acids is 1. The summed E-state index contributed by atoms with van der Waals surface area (Å²) in [6.07, 6.45) is 4.75. The van der Waals surface area contributed by atoms with Crippen LogP contribution in [0.5, 0.6) is 0 Å². The maximum absolute atomic E-state index is 11.1. The number of nitrogens with zero attached hydrogens (tertiary/aromatic N) is 1. The Kier molecular flexibility index (Phi) is 3.19. The molecule has 4 heteroatoms. The summed E-state index contributed by atoms with van der Waals surface area (Å²) in [4.78, 5) is 13.3. The monoisotopic (exact) mass is 261 g/mol. The van der Waals surface area contributed by atoms with Gasteiger partial charge in [-0.2, -0.15) is 0 Å². The van der Waals surface area contributed by atoms with E-state index in [0.717, 1.165) is 44.3 Å². The van der Waals surface area contributed by atoms with Crippen molar-refractivity contribution in [3.63, 3.8) is 0 Å². The van der Waals surface area contributed by atoms with Crippen LogP contribution in [0.3, 0.4) is 0 Å². The Labute approximate surface area is 112 Å². The van der Waals surface area contributed by atoms with Gasteiger partial charge in [-0.25, -0.2) is 4.79 Å². The van der Waals surface area contributed by atoms with Gasteiger partial charge in [0.2, 0.25) is 0 Å². The Balaban J connectivity index is 1.91. The van der Waals surface area contributed by atoms with Gasteiger partial charge in [-0.1, -0.05) is 18.9 Å². The summed E-state index contributed by atoms with van der Waals surface area (Å²) >= 11 is 0. The minimum Gasteiger partial charge on any atom is -0.478 e. The van der Waals surface area contributed by atoms with Crippen molar-refractivity contribution in [1.29, 1.82) is 0 Å². The highest BCUT2D eigenvalue weighted by Gasteiger charge is 2.32. The molecular weight excluding hydrogens is 242 g/mol. The molecule has 2 unspecified atom stereocenters. The maximum Gasteiger partial charge on any atom is 0.335 e. The number of carbonyl (C=O) groups is 1. The Morgan fingerprint density at radius 3 is 2.79 bits per heavy atom. The second-order valence-electron chi connectivity index (χ2n) is 5.51. The largest absolute Gasteiger partial charge is 0.478 e. The summed E-state index contributed by atoms with van der Waals surface area (Å²) in [5, 5.41) is 19.3. The molecule has 0 radical (unpaired) electrons. The standard InChI is InChI=1S/C15H19NO3/c17-14-4-2-1-3-12(14)16-8-7-10-5-6-11(15(18)19)9-13(10)16/h5-6,9,12,14,17H,1-4,7-8H2,(H,18,19). The summed E-state index contributed by atoms with van der Waals surface area (Å²) in [6, 6.07) is 5.49. The fraction of sp³-hybridized carbons (Fsp3) is 0.533. The second-order valence-corrected chi connectivity index (χ2v) is 5.51. The van der Waals surface area contributed by atoms with Gasteiger partial charge in [0.15, 0.2) is 0 Å². The van der Waals surface area contributed by atoms with E-state index in [4.69, 9.17) is 5.11 Å². The van der Waals surface area contributed by atoms with E-state index in [-0.39, 0.29) is 12.1 Å². The van der Waals surface area contributed by atoms with Gasteiger partial charge < -0.3 is 15.1 Å². The van der Waals surface area contributed by atoms with Crippen LogP contribution >= 0.6 is 0 Å². The van der Waals surface area contributed by atoms with Crippen molar-refractivity contribution in [2.45, 2.75) is 44.2 Å². The number of anilines is 1. The van der Waals surface area contributed by atoms with Crippen molar-refractivity contribution < 1.29 is 15.0 Å². The SMILES string of the molecule is O=C(O)c1ccc2c(c1)N(C1CCCCC1O)CC2. The van der Waals surface area contributed by atoms with Gasteiger partial charge in [0.25, 0.3) is 0 Å².